The number of ether oxygens (including phenoxy) is 2. The van der Waals surface area contributed by atoms with Crippen molar-refractivity contribution in [2.75, 3.05) is 0 Å². The molecule has 1 aliphatic heterocycles. The quantitative estimate of drug-likeness (QED) is 0.643. The van der Waals surface area contributed by atoms with Gasteiger partial charge in [-0.3, -0.25) is 9.82 Å². The van der Waals surface area contributed by atoms with Gasteiger partial charge < -0.3 is 9.47 Å². The predicted molar refractivity (Wildman–Crippen MR) is 98.5 cm³/mol. The van der Waals surface area contributed by atoms with Crippen molar-refractivity contribution in [1.29, 1.82) is 0 Å². The summed E-state index contributed by atoms with van der Waals surface area (Å²) in [4.78, 5) is 9.62. The lowest BCUT2D eigenvalue weighted by Gasteiger charge is -2.11. The van der Waals surface area contributed by atoms with E-state index in [1.54, 1.807) is 18.5 Å². The predicted octanol–water partition coefficient (Wildman–Crippen LogP) is 5.14. The monoisotopic (exact) mass is 400 g/mol. The van der Waals surface area contributed by atoms with Crippen LogP contribution in [0.15, 0.2) is 85.0 Å². The normalized spacial score (nSPS) is 16.1. The molecule has 1 aromatic heterocycles. The molecule has 0 amide bonds. The topological polar surface area (TPSA) is 52.6 Å². The number of aromatic nitrogens is 1. The fourth-order valence-corrected chi connectivity index (χ4v) is 2.80. The summed E-state index contributed by atoms with van der Waals surface area (Å²) >= 11 is 0. The van der Waals surface area contributed by atoms with Crippen LogP contribution in [0, 0.1) is 0 Å². The Morgan fingerprint density at radius 3 is 2.38 bits per heavy atom. The zero-order valence-corrected chi connectivity index (χ0v) is 14.9. The fourth-order valence-electron chi connectivity index (χ4n) is 2.80. The zero-order valence-electron chi connectivity index (χ0n) is 14.9. The third-order valence-corrected chi connectivity index (χ3v) is 4.08. The van der Waals surface area contributed by atoms with E-state index < -0.39 is 12.5 Å². The summed E-state index contributed by atoms with van der Waals surface area (Å²) < 4.78 is 46.4. The van der Waals surface area contributed by atoms with Crippen LogP contribution < -0.4 is 15.0 Å². The first-order valence-corrected chi connectivity index (χ1v) is 8.64. The third-order valence-electron chi connectivity index (χ3n) is 4.08. The smallest absolute Gasteiger partial charge is 0.438 e. The second-order valence-electron chi connectivity index (χ2n) is 6.17. The van der Waals surface area contributed by atoms with Crippen LogP contribution in [0.1, 0.15) is 11.7 Å². The maximum absolute atomic E-state index is 12.2. The van der Waals surface area contributed by atoms with Gasteiger partial charge in [0, 0.05) is 17.8 Å². The molecule has 1 atom stereocenters. The molecule has 0 radical (unpaired) electrons. The van der Waals surface area contributed by atoms with Gasteiger partial charge in [0.2, 0.25) is 5.88 Å². The van der Waals surface area contributed by atoms with Gasteiger partial charge in [-0.25, -0.2) is 5.48 Å². The maximum atomic E-state index is 12.2. The zero-order chi connectivity index (χ0) is 20.3. The molecule has 0 unspecified atom stereocenters. The van der Waals surface area contributed by atoms with Crippen molar-refractivity contribution in [1.82, 2.24) is 10.5 Å². The maximum Gasteiger partial charge on any atom is 0.573 e. The SMILES string of the molecule is FC(F)(F)Oc1ccc([C@H]2C=C(Oc3cncc(-c4ccccc4)c3)NO2)cc1. The second-order valence-corrected chi connectivity index (χ2v) is 6.17. The lowest BCUT2D eigenvalue weighted by atomic mass is 10.1. The van der Waals surface area contributed by atoms with Gasteiger partial charge in [-0.15, -0.1) is 13.2 Å². The van der Waals surface area contributed by atoms with Crippen LogP contribution in [0.3, 0.4) is 0 Å². The minimum atomic E-state index is -4.73. The molecular weight excluding hydrogens is 385 g/mol. The number of nitrogens with one attached hydrogen (secondary N) is 1. The summed E-state index contributed by atoms with van der Waals surface area (Å²) in [5.41, 5.74) is 5.22. The Hall–Kier alpha value is -3.52. The standard InChI is InChI=1S/C21H15F3N2O3/c22-21(23,24)28-17-8-6-15(7-9-17)19-11-20(26-29-19)27-18-10-16(12-25-13-18)14-4-2-1-3-5-14/h1-13,19,26H/t19-/m1/s1. The number of pyridine rings is 1. The molecule has 8 heteroatoms. The molecule has 148 valence electrons. The van der Waals surface area contributed by atoms with E-state index in [0.717, 1.165) is 11.1 Å². The first-order chi connectivity index (χ1) is 14.0. The Labute approximate surface area is 164 Å². The molecular formula is C21H15F3N2O3. The molecule has 0 saturated carbocycles. The van der Waals surface area contributed by atoms with Gasteiger partial charge in [-0.1, -0.05) is 42.5 Å². The van der Waals surface area contributed by atoms with Crippen LogP contribution in [0.25, 0.3) is 11.1 Å². The first-order valence-electron chi connectivity index (χ1n) is 8.64. The number of hydrogen-bond donors (Lipinski definition) is 1. The van der Waals surface area contributed by atoms with Crippen LogP contribution in [-0.2, 0) is 4.84 Å². The minimum absolute atomic E-state index is 0.295. The van der Waals surface area contributed by atoms with E-state index >= 15 is 0 Å². The summed E-state index contributed by atoms with van der Waals surface area (Å²) in [5.74, 6) is 0.581. The molecule has 0 saturated heterocycles. The number of rotatable bonds is 5. The van der Waals surface area contributed by atoms with Crippen molar-refractivity contribution in [2.45, 2.75) is 12.5 Å². The molecule has 0 spiro atoms. The number of halogens is 3. The Balaban J connectivity index is 1.44. The summed E-state index contributed by atoms with van der Waals surface area (Å²) in [6, 6.07) is 17.0. The highest BCUT2D eigenvalue weighted by Crippen LogP contribution is 2.29. The first kappa shape index (κ1) is 18.8. The molecule has 4 rings (SSSR count). The lowest BCUT2D eigenvalue weighted by Crippen LogP contribution is -2.17. The van der Waals surface area contributed by atoms with E-state index in [-0.39, 0.29) is 5.75 Å². The van der Waals surface area contributed by atoms with E-state index in [1.165, 1.54) is 24.3 Å². The van der Waals surface area contributed by atoms with Crippen LogP contribution in [0.5, 0.6) is 11.5 Å². The average Bonchev–Trinajstić information content (AvgIpc) is 3.17. The van der Waals surface area contributed by atoms with Crippen molar-refractivity contribution in [2.24, 2.45) is 0 Å². The largest absolute Gasteiger partial charge is 0.573 e. The molecule has 0 bridgehead atoms. The van der Waals surface area contributed by atoms with Gasteiger partial charge in [0.05, 0.1) is 6.20 Å². The molecule has 29 heavy (non-hydrogen) atoms. The van der Waals surface area contributed by atoms with Gasteiger partial charge in [-0.2, -0.15) is 0 Å². The number of benzene rings is 2. The molecule has 3 aromatic rings. The summed E-state index contributed by atoms with van der Waals surface area (Å²) in [7, 11) is 0. The van der Waals surface area contributed by atoms with Crippen LogP contribution >= 0.6 is 0 Å². The Kier molecular flexibility index (Phi) is 5.09. The number of nitrogens with zero attached hydrogens (tertiary/aromatic N) is 1. The van der Waals surface area contributed by atoms with E-state index in [9.17, 15) is 13.2 Å². The van der Waals surface area contributed by atoms with Crippen molar-refractivity contribution >= 4 is 0 Å². The molecule has 2 aromatic carbocycles. The molecule has 2 heterocycles. The Bertz CT molecular complexity index is 1010. The highest BCUT2D eigenvalue weighted by atomic mass is 19.4. The van der Waals surface area contributed by atoms with E-state index in [2.05, 4.69) is 15.2 Å². The number of hydrogen-bond acceptors (Lipinski definition) is 5. The van der Waals surface area contributed by atoms with Crippen LogP contribution in [0.2, 0.25) is 0 Å². The van der Waals surface area contributed by atoms with Gasteiger partial charge >= 0.3 is 6.36 Å². The number of hydroxylamine groups is 1. The molecule has 0 fully saturated rings. The fraction of sp³-hybridized carbons (Fsp3) is 0.0952. The van der Waals surface area contributed by atoms with Crippen molar-refractivity contribution in [3.8, 4) is 22.6 Å². The second kappa shape index (κ2) is 7.84. The molecule has 0 aliphatic carbocycles. The third kappa shape index (κ3) is 4.85. The summed E-state index contributed by atoms with van der Waals surface area (Å²) in [6.07, 6.45) is -0.255. The summed E-state index contributed by atoms with van der Waals surface area (Å²) in [5, 5.41) is 0. The van der Waals surface area contributed by atoms with Crippen molar-refractivity contribution in [3.63, 3.8) is 0 Å². The van der Waals surface area contributed by atoms with Crippen LogP contribution in [0.4, 0.5) is 13.2 Å². The van der Waals surface area contributed by atoms with Gasteiger partial charge in [-0.05, 0) is 29.3 Å². The van der Waals surface area contributed by atoms with Gasteiger partial charge in [0.1, 0.15) is 17.6 Å². The highest BCUT2D eigenvalue weighted by Gasteiger charge is 2.31. The van der Waals surface area contributed by atoms with E-state index in [0.29, 0.717) is 17.2 Å². The van der Waals surface area contributed by atoms with Crippen molar-refractivity contribution in [3.05, 3.63) is 90.6 Å². The Morgan fingerprint density at radius 2 is 1.66 bits per heavy atom. The van der Waals surface area contributed by atoms with Crippen molar-refractivity contribution < 1.29 is 27.5 Å². The lowest BCUT2D eigenvalue weighted by molar-refractivity contribution is -0.274. The molecule has 1 N–H and O–H groups in total. The molecule has 5 nitrogen and oxygen atoms in total. The molecule has 1 aliphatic rings. The summed E-state index contributed by atoms with van der Waals surface area (Å²) in [6.45, 7) is 0. The minimum Gasteiger partial charge on any atom is -0.438 e. The average molecular weight is 400 g/mol. The van der Waals surface area contributed by atoms with Gasteiger partial charge in [0.25, 0.3) is 0 Å². The highest BCUT2D eigenvalue weighted by molar-refractivity contribution is 5.63. The number of alkyl halides is 3. The van der Waals surface area contributed by atoms with E-state index in [1.807, 2.05) is 36.4 Å². The van der Waals surface area contributed by atoms with Crippen LogP contribution in [-0.4, -0.2) is 11.3 Å². The Morgan fingerprint density at radius 1 is 0.897 bits per heavy atom. The van der Waals surface area contributed by atoms with Gasteiger partial charge in [0.15, 0.2) is 0 Å². The van der Waals surface area contributed by atoms with E-state index in [4.69, 9.17) is 9.57 Å².